The van der Waals surface area contributed by atoms with Crippen molar-refractivity contribution in [3.63, 3.8) is 0 Å². The molecule has 0 aliphatic rings. The molecule has 0 atom stereocenters. The Bertz CT molecular complexity index is 359. The summed E-state index contributed by atoms with van der Waals surface area (Å²) in [5.41, 5.74) is -4.22. The Kier molecular flexibility index (Phi) is 5.27. The van der Waals surface area contributed by atoms with E-state index >= 15 is 0 Å². The lowest BCUT2D eigenvalue weighted by molar-refractivity contribution is -0.0329. The van der Waals surface area contributed by atoms with E-state index in [1.54, 1.807) is 18.2 Å². The lowest BCUT2D eigenvalue weighted by atomic mass is 10.3. The highest BCUT2D eigenvalue weighted by molar-refractivity contribution is 9.10. The Morgan fingerprint density at radius 3 is 2.69 bits per heavy atom. The minimum absolute atomic E-state index is 0.0413. The summed E-state index contributed by atoms with van der Waals surface area (Å²) in [5, 5.41) is 0.375. The van der Waals surface area contributed by atoms with Crippen molar-refractivity contribution >= 4 is 39.3 Å². The number of alkyl halides is 3. The maximum atomic E-state index is 11.8. The summed E-state index contributed by atoms with van der Waals surface area (Å²) in [4.78, 5) is 0. The number of ether oxygens (including phenoxy) is 1. The van der Waals surface area contributed by atoms with E-state index in [0.29, 0.717) is 10.8 Å². The van der Waals surface area contributed by atoms with Gasteiger partial charge in [0, 0.05) is 10.2 Å². The van der Waals surface area contributed by atoms with Crippen molar-refractivity contribution in [2.75, 3.05) is 12.4 Å². The van der Waals surface area contributed by atoms with Crippen LogP contribution in [0.1, 0.15) is 0 Å². The van der Waals surface area contributed by atoms with Crippen molar-refractivity contribution < 1.29 is 17.9 Å². The van der Waals surface area contributed by atoms with Crippen molar-refractivity contribution in [1.82, 2.24) is 0 Å². The fourth-order valence-electron chi connectivity index (χ4n) is 0.897. The quantitative estimate of drug-likeness (QED) is 0.735. The third kappa shape index (κ3) is 5.32. The lowest BCUT2D eigenvalue weighted by Crippen LogP contribution is -2.07. The molecular formula is C9H7BrClF3OS. The summed E-state index contributed by atoms with van der Waals surface area (Å²) in [6.07, 6.45) is 0. The molecule has 0 aliphatic heterocycles. The van der Waals surface area contributed by atoms with Gasteiger partial charge >= 0.3 is 5.51 Å². The van der Waals surface area contributed by atoms with Crippen LogP contribution >= 0.6 is 39.3 Å². The average Bonchev–Trinajstić information content (AvgIpc) is 2.16. The van der Waals surface area contributed by atoms with Gasteiger partial charge in [0.1, 0.15) is 5.75 Å². The maximum absolute atomic E-state index is 11.8. The number of benzene rings is 1. The summed E-state index contributed by atoms with van der Waals surface area (Å²) < 4.78 is 41.3. The highest BCUT2D eigenvalue weighted by Crippen LogP contribution is 2.31. The van der Waals surface area contributed by atoms with Crippen molar-refractivity contribution in [1.29, 1.82) is 0 Å². The normalized spacial score (nSPS) is 11.6. The summed E-state index contributed by atoms with van der Waals surface area (Å²) >= 11 is 8.89. The maximum Gasteiger partial charge on any atom is 0.441 e. The minimum atomic E-state index is -4.22. The van der Waals surface area contributed by atoms with Gasteiger partial charge in [-0.15, -0.1) is 0 Å². The average molecular weight is 336 g/mol. The molecule has 1 aromatic carbocycles. The molecule has 1 rings (SSSR count). The van der Waals surface area contributed by atoms with Gasteiger partial charge in [-0.1, -0.05) is 27.5 Å². The molecule has 0 amide bonds. The highest BCUT2D eigenvalue weighted by atomic mass is 79.9. The van der Waals surface area contributed by atoms with Crippen molar-refractivity contribution in [3.05, 3.63) is 27.7 Å². The van der Waals surface area contributed by atoms with Gasteiger partial charge in [0.05, 0.1) is 11.6 Å². The van der Waals surface area contributed by atoms with E-state index in [-0.39, 0.29) is 24.1 Å². The van der Waals surface area contributed by atoms with Crippen LogP contribution in [0, 0.1) is 0 Å². The molecule has 1 aromatic rings. The zero-order valence-electron chi connectivity index (χ0n) is 7.85. The fourth-order valence-corrected chi connectivity index (χ4v) is 1.81. The van der Waals surface area contributed by atoms with Gasteiger partial charge in [-0.3, -0.25) is 0 Å². The van der Waals surface area contributed by atoms with Gasteiger partial charge in [0.2, 0.25) is 0 Å². The predicted octanol–water partition coefficient (Wildman–Crippen LogP) is 4.73. The molecule has 0 saturated carbocycles. The Morgan fingerprint density at radius 2 is 2.06 bits per heavy atom. The first-order chi connectivity index (χ1) is 7.38. The molecule has 0 spiro atoms. The molecule has 16 heavy (non-hydrogen) atoms. The molecule has 1 nitrogen and oxygen atoms in total. The van der Waals surface area contributed by atoms with Gasteiger partial charge in [-0.25, -0.2) is 0 Å². The SMILES string of the molecule is FC(F)(F)SCCOc1cc(Br)ccc1Cl. The monoisotopic (exact) mass is 334 g/mol. The van der Waals surface area contributed by atoms with E-state index in [9.17, 15) is 13.2 Å². The standard InChI is InChI=1S/C9H7BrClF3OS/c10-6-1-2-7(11)8(5-6)15-3-4-16-9(12,13)14/h1-2,5H,3-4H2. The van der Waals surface area contributed by atoms with Crippen LogP contribution in [0.5, 0.6) is 5.75 Å². The molecule has 0 bridgehead atoms. The lowest BCUT2D eigenvalue weighted by Gasteiger charge is -2.09. The molecule has 0 aromatic heterocycles. The molecule has 0 fully saturated rings. The van der Waals surface area contributed by atoms with Crippen molar-refractivity contribution in [2.45, 2.75) is 5.51 Å². The van der Waals surface area contributed by atoms with Gasteiger partial charge < -0.3 is 4.74 Å². The smallest absolute Gasteiger partial charge is 0.441 e. The van der Waals surface area contributed by atoms with Crippen LogP contribution in [-0.4, -0.2) is 17.9 Å². The Hall–Kier alpha value is -0.0700. The second-order valence-electron chi connectivity index (χ2n) is 2.72. The summed E-state index contributed by atoms with van der Waals surface area (Å²) in [6, 6.07) is 4.94. The molecule has 0 radical (unpaired) electrons. The number of rotatable bonds is 4. The Morgan fingerprint density at radius 1 is 1.38 bits per heavy atom. The van der Waals surface area contributed by atoms with E-state index in [1.165, 1.54) is 0 Å². The summed E-state index contributed by atoms with van der Waals surface area (Å²) in [7, 11) is 0. The van der Waals surface area contributed by atoms with Crippen molar-refractivity contribution in [3.8, 4) is 5.75 Å². The van der Waals surface area contributed by atoms with Gasteiger partial charge in [-0.05, 0) is 30.0 Å². The van der Waals surface area contributed by atoms with Crippen LogP contribution < -0.4 is 4.74 Å². The largest absolute Gasteiger partial charge is 0.491 e. The van der Waals surface area contributed by atoms with E-state index in [4.69, 9.17) is 16.3 Å². The topological polar surface area (TPSA) is 9.23 Å². The fraction of sp³-hybridized carbons (Fsp3) is 0.333. The predicted molar refractivity (Wildman–Crippen MR) is 63.2 cm³/mol. The number of hydrogen-bond acceptors (Lipinski definition) is 2. The molecule has 0 heterocycles. The van der Waals surface area contributed by atoms with E-state index < -0.39 is 5.51 Å². The van der Waals surface area contributed by atoms with Crippen LogP contribution in [0.15, 0.2) is 22.7 Å². The third-order valence-electron chi connectivity index (χ3n) is 1.50. The van der Waals surface area contributed by atoms with Crippen LogP contribution in [0.25, 0.3) is 0 Å². The van der Waals surface area contributed by atoms with Crippen LogP contribution in [0.4, 0.5) is 13.2 Å². The second kappa shape index (κ2) is 6.02. The summed E-state index contributed by atoms with van der Waals surface area (Å²) in [5.74, 6) is 0.214. The molecule has 0 aliphatic carbocycles. The number of thioether (sulfide) groups is 1. The van der Waals surface area contributed by atoms with Crippen LogP contribution in [0.3, 0.4) is 0 Å². The third-order valence-corrected chi connectivity index (χ3v) is 3.00. The van der Waals surface area contributed by atoms with Gasteiger partial charge in [0.25, 0.3) is 0 Å². The first kappa shape index (κ1) is 14.0. The molecular weight excluding hydrogens is 329 g/mol. The number of hydrogen-bond donors (Lipinski definition) is 0. The molecule has 0 saturated heterocycles. The molecule has 0 N–H and O–H groups in total. The van der Waals surface area contributed by atoms with E-state index in [0.717, 1.165) is 4.47 Å². The van der Waals surface area contributed by atoms with Crippen molar-refractivity contribution in [2.24, 2.45) is 0 Å². The van der Waals surface area contributed by atoms with Crippen LogP contribution in [-0.2, 0) is 0 Å². The van der Waals surface area contributed by atoms with Crippen LogP contribution in [0.2, 0.25) is 5.02 Å². The first-order valence-electron chi connectivity index (χ1n) is 4.17. The Labute approximate surface area is 108 Å². The Balaban J connectivity index is 2.40. The minimum Gasteiger partial charge on any atom is -0.491 e. The van der Waals surface area contributed by atoms with Gasteiger partial charge in [0.15, 0.2) is 0 Å². The number of halogens is 5. The first-order valence-corrected chi connectivity index (χ1v) is 6.33. The summed E-state index contributed by atoms with van der Waals surface area (Å²) in [6.45, 7) is -0.0413. The molecule has 7 heteroatoms. The zero-order valence-corrected chi connectivity index (χ0v) is 11.0. The molecule has 90 valence electrons. The van der Waals surface area contributed by atoms with E-state index in [1.807, 2.05) is 0 Å². The molecule has 0 unspecified atom stereocenters. The van der Waals surface area contributed by atoms with E-state index in [2.05, 4.69) is 15.9 Å². The highest BCUT2D eigenvalue weighted by Gasteiger charge is 2.27. The zero-order chi connectivity index (χ0) is 12.2. The second-order valence-corrected chi connectivity index (χ2v) is 5.20. The van der Waals surface area contributed by atoms with Gasteiger partial charge in [-0.2, -0.15) is 13.2 Å².